The van der Waals surface area contributed by atoms with Gasteiger partial charge in [-0.05, 0) is 94.5 Å². The standard InChI is InChI=1S/C49H33N3S/c1-2-3-5-14-33-29-41(36-17-8-9-18-38(36)47(33)34-23-26-43(51-31-34)42-20-12-13-28-50-42)32-22-24-37-39-25-27-46-48(40-19-10-11-21-45(40)53-46)49(39)52(44(37)30-32)35-15-6-4-7-16-35/h2-31H,1H3/b3-2-,14-5-. The van der Waals surface area contributed by atoms with Crippen LogP contribution in [0.15, 0.2) is 176 Å². The van der Waals surface area contributed by atoms with Crippen LogP contribution in [0.1, 0.15) is 12.5 Å². The summed E-state index contributed by atoms with van der Waals surface area (Å²) in [6.45, 7) is 2.05. The molecule has 4 heterocycles. The van der Waals surface area contributed by atoms with E-state index in [9.17, 15) is 0 Å². The van der Waals surface area contributed by atoms with Gasteiger partial charge in [-0.3, -0.25) is 9.97 Å². The Morgan fingerprint density at radius 2 is 1.32 bits per heavy atom. The molecule has 6 aromatic carbocycles. The Kier molecular flexibility index (Phi) is 7.55. The van der Waals surface area contributed by atoms with Crippen LogP contribution in [0.4, 0.5) is 0 Å². The molecule has 10 rings (SSSR count). The van der Waals surface area contributed by atoms with Gasteiger partial charge in [-0.2, -0.15) is 0 Å². The van der Waals surface area contributed by atoms with Gasteiger partial charge in [-0.15, -0.1) is 11.3 Å². The van der Waals surface area contributed by atoms with Crippen LogP contribution in [0.25, 0.3) is 98.2 Å². The smallest absolute Gasteiger partial charge is 0.0886 e. The molecule has 250 valence electrons. The molecule has 0 amide bonds. The third-order valence-electron chi connectivity index (χ3n) is 10.2. The Bertz CT molecular complexity index is 3040. The highest BCUT2D eigenvalue weighted by atomic mass is 32.1. The second-order valence-electron chi connectivity index (χ2n) is 13.3. The van der Waals surface area contributed by atoms with E-state index in [1.807, 2.05) is 48.9 Å². The first kappa shape index (κ1) is 31.1. The highest BCUT2D eigenvalue weighted by Crippen LogP contribution is 2.45. The number of aromatic nitrogens is 3. The van der Waals surface area contributed by atoms with E-state index in [1.54, 1.807) is 0 Å². The highest BCUT2D eigenvalue weighted by Gasteiger charge is 2.20. The largest absolute Gasteiger partial charge is 0.309 e. The van der Waals surface area contributed by atoms with Crippen LogP contribution in [-0.4, -0.2) is 14.5 Å². The molecule has 3 nitrogen and oxygen atoms in total. The summed E-state index contributed by atoms with van der Waals surface area (Å²) in [7, 11) is 0. The number of nitrogens with zero attached hydrogens (tertiary/aromatic N) is 3. The number of pyridine rings is 2. The van der Waals surface area contributed by atoms with Crippen molar-refractivity contribution in [2.75, 3.05) is 0 Å². The van der Waals surface area contributed by atoms with Crippen LogP contribution in [0.2, 0.25) is 0 Å². The van der Waals surface area contributed by atoms with Gasteiger partial charge >= 0.3 is 0 Å². The molecule has 0 bridgehead atoms. The van der Waals surface area contributed by atoms with Crippen LogP contribution in [-0.2, 0) is 0 Å². The van der Waals surface area contributed by atoms with Crippen LogP contribution in [0.3, 0.4) is 0 Å². The molecule has 0 saturated carbocycles. The van der Waals surface area contributed by atoms with Crippen molar-refractivity contribution in [3.63, 3.8) is 0 Å². The molecule has 0 fully saturated rings. The Morgan fingerprint density at radius 3 is 2.13 bits per heavy atom. The third kappa shape index (κ3) is 5.18. The summed E-state index contributed by atoms with van der Waals surface area (Å²) in [6, 6.07) is 52.5. The molecule has 10 aromatic rings. The maximum absolute atomic E-state index is 4.88. The zero-order valence-electron chi connectivity index (χ0n) is 29.1. The van der Waals surface area contributed by atoms with Crippen molar-refractivity contribution in [3.8, 4) is 39.3 Å². The fraction of sp³-hybridized carbons (Fsp3) is 0.0204. The van der Waals surface area contributed by atoms with Gasteiger partial charge < -0.3 is 4.57 Å². The van der Waals surface area contributed by atoms with Gasteiger partial charge in [0.1, 0.15) is 0 Å². The molecule has 0 saturated heterocycles. The molecule has 0 spiro atoms. The van der Waals surface area contributed by atoms with Crippen molar-refractivity contribution >= 4 is 70.2 Å². The topological polar surface area (TPSA) is 30.7 Å². The van der Waals surface area contributed by atoms with Crippen molar-refractivity contribution in [2.45, 2.75) is 6.92 Å². The van der Waals surface area contributed by atoms with E-state index in [0.29, 0.717) is 0 Å². The minimum Gasteiger partial charge on any atom is -0.309 e. The van der Waals surface area contributed by atoms with Crippen LogP contribution < -0.4 is 0 Å². The monoisotopic (exact) mass is 695 g/mol. The average molecular weight is 696 g/mol. The average Bonchev–Trinajstić information content (AvgIpc) is 3.77. The number of fused-ring (bicyclic) bond motifs is 8. The van der Waals surface area contributed by atoms with Crippen molar-refractivity contribution in [3.05, 3.63) is 182 Å². The molecule has 0 radical (unpaired) electrons. The molecule has 4 heteroatoms. The summed E-state index contributed by atoms with van der Waals surface area (Å²) >= 11 is 1.87. The molecule has 0 atom stereocenters. The Hall–Kier alpha value is -6.62. The quantitative estimate of drug-likeness (QED) is 0.162. The summed E-state index contributed by atoms with van der Waals surface area (Å²) in [4.78, 5) is 9.40. The number of thiophene rings is 1. The fourth-order valence-electron chi connectivity index (χ4n) is 7.89. The van der Waals surface area contributed by atoms with Gasteiger partial charge in [0, 0.05) is 54.6 Å². The SMILES string of the molecule is C/C=C\C=C/c1cc(-c2ccc3c4ccc5sc6ccccc6c5c4n(-c4ccccc4)c3c2)c2ccccc2c1-c1ccc(-c2ccccn2)nc1. The van der Waals surface area contributed by atoms with Gasteiger partial charge in [-0.1, -0.05) is 115 Å². The molecule has 0 N–H and O–H groups in total. The molecule has 53 heavy (non-hydrogen) atoms. The van der Waals surface area contributed by atoms with Crippen LogP contribution >= 0.6 is 11.3 Å². The van der Waals surface area contributed by atoms with Crippen LogP contribution in [0, 0.1) is 0 Å². The molecule has 0 aliphatic heterocycles. The predicted octanol–water partition coefficient (Wildman–Crippen LogP) is 13.7. The Balaban J connectivity index is 1.24. The zero-order chi connectivity index (χ0) is 35.3. The number of hydrogen-bond donors (Lipinski definition) is 0. The summed E-state index contributed by atoms with van der Waals surface area (Å²) in [5.41, 5.74) is 11.1. The van der Waals surface area contributed by atoms with E-state index in [-0.39, 0.29) is 0 Å². The molecule has 0 aliphatic rings. The lowest BCUT2D eigenvalue weighted by Gasteiger charge is -2.17. The summed E-state index contributed by atoms with van der Waals surface area (Å²) in [5.74, 6) is 0. The van der Waals surface area contributed by atoms with Crippen molar-refractivity contribution in [2.24, 2.45) is 0 Å². The van der Waals surface area contributed by atoms with Gasteiger partial charge in [0.25, 0.3) is 0 Å². The lowest BCUT2D eigenvalue weighted by atomic mass is 9.88. The Morgan fingerprint density at radius 1 is 0.566 bits per heavy atom. The normalized spacial score (nSPS) is 12.1. The first-order valence-corrected chi connectivity index (χ1v) is 18.8. The van der Waals surface area contributed by atoms with E-state index in [2.05, 4.69) is 161 Å². The molecule has 0 aliphatic carbocycles. The van der Waals surface area contributed by atoms with E-state index < -0.39 is 0 Å². The lowest BCUT2D eigenvalue weighted by molar-refractivity contribution is 1.19. The molecule has 4 aromatic heterocycles. The first-order valence-electron chi connectivity index (χ1n) is 17.9. The summed E-state index contributed by atoms with van der Waals surface area (Å²) < 4.78 is 5.10. The predicted molar refractivity (Wildman–Crippen MR) is 227 cm³/mol. The maximum atomic E-state index is 4.88. The number of allylic oxidation sites excluding steroid dienone is 3. The summed E-state index contributed by atoms with van der Waals surface area (Å²) in [6.07, 6.45) is 12.3. The lowest BCUT2D eigenvalue weighted by Crippen LogP contribution is -1.95. The van der Waals surface area contributed by atoms with Gasteiger partial charge in [0.15, 0.2) is 0 Å². The van der Waals surface area contributed by atoms with Crippen molar-refractivity contribution in [1.29, 1.82) is 0 Å². The van der Waals surface area contributed by atoms with E-state index in [1.165, 1.54) is 63.9 Å². The highest BCUT2D eigenvalue weighted by molar-refractivity contribution is 7.26. The van der Waals surface area contributed by atoms with Crippen molar-refractivity contribution in [1.82, 2.24) is 14.5 Å². The third-order valence-corrected chi connectivity index (χ3v) is 11.4. The second kappa shape index (κ2) is 12.9. The maximum Gasteiger partial charge on any atom is 0.0886 e. The van der Waals surface area contributed by atoms with Gasteiger partial charge in [0.2, 0.25) is 0 Å². The van der Waals surface area contributed by atoms with Crippen LogP contribution in [0.5, 0.6) is 0 Å². The number of hydrogen-bond acceptors (Lipinski definition) is 3. The molecule has 0 unspecified atom stereocenters. The first-order chi connectivity index (χ1) is 26.3. The van der Waals surface area contributed by atoms with Gasteiger partial charge in [-0.25, -0.2) is 0 Å². The molecular weight excluding hydrogens is 663 g/mol. The Labute approximate surface area is 311 Å². The van der Waals surface area contributed by atoms with E-state index >= 15 is 0 Å². The number of rotatable bonds is 6. The van der Waals surface area contributed by atoms with Crippen molar-refractivity contribution < 1.29 is 0 Å². The number of para-hydroxylation sites is 1. The minimum atomic E-state index is 0.858. The zero-order valence-corrected chi connectivity index (χ0v) is 29.9. The molecular formula is C49H33N3S. The van der Waals surface area contributed by atoms with E-state index in [0.717, 1.165) is 33.8 Å². The number of benzene rings is 6. The summed E-state index contributed by atoms with van der Waals surface area (Å²) in [5, 5.41) is 7.53. The van der Waals surface area contributed by atoms with Gasteiger partial charge in [0.05, 0.1) is 22.4 Å². The van der Waals surface area contributed by atoms with E-state index in [4.69, 9.17) is 4.98 Å². The second-order valence-corrected chi connectivity index (χ2v) is 14.4. The fourth-order valence-corrected chi connectivity index (χ4v) is 9.00. The minimum absolute atomic E-state index is 0.858.